The topological polar surface area (TPSA) is 60.9 Å². The lowest BCUT2D eigenvalue weighted by Crippen LogP contribution is -2.39. The molecule has 0 fully saturated rings. The van der Waals surface area contributed by atoms with E-state index in [0.29, 0.717) is 30.8 Å². The Labute approximate surface area is 134 Å². The van der Waals surface area contributed by atoms with E-state index in [2.05, 4.69) is 0 Å². The molecule has 0 saturated heterocycles. The number of aliphatic hydroxyl groups is 1. The van der Waals surface area contributed by atoms with Gasteiger partial charge in [-0.3, -0.25) is 14.5 Å². The van der Waals surface area contributed by atoms with Gasteiger partial charge in [0.2, 0.25) is 0 Å². The minimum absolute atomic E-state index is 0.0109. The Morgan fingerprint density at radius 2 is 1.39 bits per heavy atom. The number of amides is 2. The van der Waals surface area contributed by atoms with Crippen molar-refractivity contribution in [2.75, 3.05) is 31.1 Å². The smallest absolute Gasteiger partial charge is 0.261 e. The van der Waals surface area contributed by atoms with E-state index < -0.39 is 0 Å². The summed E-state index contributed by atoms with van der Waals surface area (Å²) in [7, 11) is 0. The van der Waals surface area contributed by atoms with Crippen molar-refractivity contribution in [3.63, 3.8) is 0 Å². The summed E-state index contributed by atoms with van der Waals surface area (Å²) < 4.78 is 0. The molecule has 23 heavy (non-hydrogen) atoms. The SMILES string of the molecule is O=C1c2ccccc2C(=O)N1CCN(CCO)c1ccccc1. The molecule has 1 N–H and O–H groups in total. The highest BCUT2D eigenvalue weighted by molar-refractivity contribution is 6.21. The zero-order chi connectivity index (χ0) is 16.2. The van der Waals surface area contributed by atoms with Gasteiger partial charge in [-0.2, -0.15) is 0 Å². The molecule has 5 nitrogen and oxygen atoms in total. The highest BCUT2D eigenvalue weighted by atomic mass is 16.3. The number of rotatable bonds is 6. The summed E-state index contributed by atoms with van der Waals surface area (Å²) in [6.07, 6.45) is 0. The number of hydrogen-bond acceptors (Lipinski definition) is 4. The fourth-order valence-electron chi connectivity index (χ4n) is 2.79. The standard InChI is InChI=1S/C18H18N2O3/c21-13-12-19(14-6-2-1-3-7-14)10-11-20-17(22)15-8-4-5-9-16(15)18(20)23/h1-9,21H,10-13H2. The van der Waals surface area contributed by atoms with Crippen LogP contribution in [0, 0.1) is 0 Å². The van der Waals surface area contributed by atoms with Gasteiger partial charge < -0.3 is 10.0 Å². The third-order valence-corrected chi connectivity index (χ3v) is 3.96. The van der Waals surface area contributed by atoms with Gasteiger partial charge in [0.15, 0.2) is 0 Å². The minimum Gasteiger partial charge on any atom is -0.395 e. The molecule has 5 heteroatoms. The van der Waals surface area contributed by atoms with Gasteiger partial charge in [0, 0.05) is 25.3 Å². The van der Waals surface area contributed by atoms with Crippen LogP contribution in [0.3, 0.4) is 0 Å². The number of carbonyl (C=O) groups is 2. The summed E-state index contributed by atoms with van der Waals surface area (Å²) in [6, 6.07) is 16.5. The first-order valence-electron chi connectivity index (χ1n) is 7.58. The quantitative estimate of drug-likeness (QED) is 0.826. The zero-order valence-corrected chi connectivity index (χ0v) is 12.7. The lowest BCUT2D eigenvalue weighted by Gasteiger charge is -2.26. The molecule has 3 rings (SSSR count). The van der Waals surface area contributed by atoms with Crippen LogP contribution in [-0.2, 0) is 0 Å². The minimum atomic E-state index is -0.248. The Kier molecular flexibility index (Phi) is 4.39. The lowest BCUT2D eigenvalue weighted by atomic mass is 10.1. The Balaban J connectivity index is 1.73. The third-order valence-electron chi connectivity index (χ3n) is 3.96. The van der Waals surface area contributed by atoms with Crippen LogP contribution in [-0.4, -0.2) is 48.1 Å². The molecule has 0 aromatic heterocycles. The van der Waals surface area contributed by atoms with Gasteiger partial charge in [0.1, 0.15) is 0 Å². The van der Waals surface area contributed by atoms with Crippen LogP contribution in [0.1, 0.15) is 20.7 Å². The van der Waals surface area contributed by atoms with Crippen LogP contribution >= 0.6 is 0 Å². The van der Waals surface area contributed by atoms with Gasteiger partial charge >= 0.3 is 0 Å². The van der Waals surface area contributed by atoms with Crippen molar-refractivity contribution in [1.29, 1.82) is 0 Å². The molecular formula is C18H18N2O3. The summed E-state index contributed by atoms with van der Waals surface area (Å²) in [5, 5.41) is 9.25. The molecule has 1 aliphatic rings. The normalized spacial score (nSPS) is 13.3. The van der Waals surface area contributed by atoms with Crippen LogP contribution in [0.15, 0.2) is 54.6 Å². The van der Waals surface area contributed by atoms with E-state index in [1.807, 2.05) is 35.2 Å². The van der Waals surface area contributed by atoms with Crippen molar-refractivity contribution < 1.29 is 14.7 Å². The highest BCUT2D eigenvalue weighted by Gasteiger charge is 2.34. The Morgan fingerprint density at radius 3 is 1.96 bits per heavy atom. The van der Waals surface area contributed by atoms with Gasteiger partial charge in [-0.05, 0) is 24.3 Å². The summed E-state index contributed by atoms with van der Waals surface area (Å²) in [5.41, 5.74) is 1.88. The van der Waals surface area contributed by atoms with Crippen LogP contribution in [0.5, 0.6) is 0 Å². The molecule has 0 bridgehead atoms. The number of fused-ring (bicyclic) bond motifs is 1. The third kappa shape index (κ3) is 2.96. The lowest BCUT2D eigenvalue weighted by molar-refractivity contribution is 0.0658. The number of aliphatic hydroxyl groups excluding tert-OH is 1. The molecular weight excluding hydrogens is 292 g/mol. The summed E-state index contributed by atoms with van der Waals surface area (Å²) >= 11 is 0. The van der Waals surface area contributed by atoms with E-state index in [4.69, 9.17) is 0 Å². The number of carbonyl (C=O) groups excluding carboxylic acids is 2. The van der Waals surface area contributed by atoms with E-state index in [9.17, 15) is 14.7 Å². The predicted molar refractivity (Wildman–Crippen MR) is 87.5 cm³/mol. The van der Waals surface area contributed by atoms with Gasteiger partial charge in [-0.25, -0.2) is 0 Å². The second-order valence-electron chi connectivity index (χ2n) is 5.35. The second-order valence-corrected chi connectivity index (χ2v) is 5.35. The molecule has 1 aliphatic heterocycles. The molecule has 2 aromatic rings. The summed E-state index contributed by atoms with van der Waals surface area (Å²) in [5.74, 6) is -0.495. The summed E-state index contributed by atoms with van der Waals surface area (Å²) in [6.45, 7) is 1.24. The van der Waals surface area contributed by atoms with E-state index in [-0.39, 0.29) is 18.4 Å². The fraction of sp³-hybridized carbons (Fsp3) is 0.222. The average Bonchev–Trinajstić information content (AvgIpc) is 2.84. The highest BCUT2D eigenvalue weighted by Crippen LogP contribution is 2.22. The van der Waals surface area contributed by atoms with E-state index in [0.717, 1.165) is 5.69 Å². The first-order chi connectivity index (χ1) is 11.2. The molecule has 0 saturated carbocycles. The molecule has 0 radical (unpaired) electrons. The number of para-hydroxylation sites is 1. The fourth-order valence-corrected chi connectivity index (χ4v) is 2.79. The van der Waals surface area contributed by atoms with Crippen LogP contribution in [0.2, 0.25) is 0 Å². The van der Waals surface area contributed by atoms with E-state index in [1.54, 1.807) is 24.3 Å². The Hall–Kier alpha value is -2.66. The van der Waals surface area contributed by atoms with Crippen molar-refractivity contribution in [2.45, 2.75) is 0 Å². The van der Waals surface area contributed by atoms with Gasteiger partial charge in [0.25, 0.3) is 11.8 Å². The molecule has 0 spiro atoms. The Bertz CT molecular complexity index is 680. The van der Waals surface area contributed by atoms with Crippen molar-refractivity contribution in [1.82, 2.24) is 4.90 Å². The van der Waals surface area contributed by atoms with E-state index in [1.165, 1.54) is 4.90 Å². The molecule has 1 heterocycles. The number of imide groups is 1. The maximum absolute atomic E-state index is 12.4. The van der Waals surface area contributed by atoms with Gasteiger partial charge in [0.05, 0.1) is 17.7 Å². The zero-order valence-electron chi connectivity index (χ0n) is 12.7. The number of nitrogens with zero attached hydrogens (tertiary/aromatic N) is 2. The number of anilines is 1. The van der Waals surface area contributed by atoms with Crippen molar-refractivity contribution in [3.8, 4) is 0 Å². The van der Waals surface area contributed by atoms with E-state index >= 15 is 0 Å². The second kappa shape index (κ2) is 6.62. The molecule has 0 unspecified atom stereocenters. The van der Waals surface area contributed by atoms with Gasteiger partial charge in [-0.15, -0.1) is 0 Å². The monoisotopic (exact) mass is 310 g/mol. The maximum Gasteiger partial charge on any atom is 0.261 e. The molecule has 2 amide bonds. The molecule has 0 atom stereocenters. The molecule has 2 aromatic carbocycles. The van der Waals surface area contributed by atoms with Crippen molar-refractivity contribution in [2.24, 2.45) is 0 Å². The van der Waals surface area contributed by atoms with Gasteiger partial charge in [-0.1, -0.05) is 30.3 Å². The maximum atomic E-state index is 12.4. The summed E-state index contributed by atoms with van der Waals surface area (Å²) in [4.78, 5) is 27.9. The van der Waals surface area contributed by atoms with Crippen LogP contribution in [0.4, 0.5) is 5.69 Å². The number of benzene rings is 2. The predicted octanol–water partition coefficient (Wildman–Crippen LogP) is 1.78. The molecule has 118 valence electrons. The number of hydrogen-bond donors (Lipinski definition) is 1. The molecule has 0 aliphatic carbocycles. The largest absolute Gasteiger partial charge is 0.395 e. The van der Waals surface area contributed by atoms with Crippen molar-refractivity contribution >= 4 is 17.5 Å². The Morgan fingerprint density at radius 1 is 0.826 bits per heavy atom. The first kappa shape index (κ1) is 15.2. The van der Waals surface area contributed by atoms with Crippen LogP contribution < -0.4 is 4.90 Å². The first-order valence-corrected chi connectivity index (χ1v) is 7.58. The average molecular weight is 310 g/mol. The van der Waals surface area contributed by atoms with Crippen LogP contribution in [0.25, 0.3) is 0 Å². The van der Waals surface area contributed by atoms with Crippen molar-refractivity contribution in [3.05, 3.63) is 65.7 Å².